The molecule has 8 aliphatic carbocycles. The van der Waals surface area contributed by atoms with E-state index in [9.17, 15) is 4.79 Å². The number of fused-ring (bicyclic) bond motifs is 6. The predicted molar refractivity (Wildman–Crippen MR) is 186 cm³/mol. The summed E-state index contributed by atoms with van der Waals surface area (Å²) in [4.78, 5) is 12.5. The molecule has 3 nitrogen and oxygen atoms in total. The second kappa shape index (κ2) is 9.76. The fourth-order valence-electron chi connectivity index (χ4n) is 16.3. The highest BCUT2D eigenvalue weighted by Crippen LogP contribution is 2.75. The Morgan fingerprint density at radius 3 is 1.57 bits per heavy atom. The van der Waals surface area contributed by atoms with Crippen molar-refractivity contribution in [3.05, 3.63) is 11.6 Å². The quantitative estimate of drug-likeness (QED) is 0.249. The molecular weight excluding hydrogens is 564 g/mol. The second-order valence-corrected chi connectivity index (χ2v) is 20.2. The number of ether oxygens (including phenoxy) is 2. The monoisotopic (exact) mass is 633 g/mol. The van der Waals surface area contributed by atoms with Crippen molar-refractivity contribution in [2.45, 2.75) is 194 Å². The summed E-state index contributed by atoms with van der Waals surface area (Å²) in [5, 5.41) is 0. The molecule has 8 saturated carbocycles. The number of rotatable bonds is 0. The molecule has 8 bridgehead atoms. The van der Waals surface area contributed by atoms with E-state index in [1.807, 2.05) is 0 Å². The summed E-state index contributed by atoms with van der Waals surface area (Å²) in [5.41, 5.74) is 3.68. The molecule has 46 heavy (non-hydrogen) atoms. The summed E-state index contributed by atoms with van der Waals surface area (Å²) in [6.07, 6.45) is 25.6. The van der Waals surface area contributed by atoms with Crippen molar-refractivity contribution in [3.8, 4) is 0 Å². The number of Topliss-reactive ketones (excluding diaryl/α,β-unsaturated/α-hetero) is 1. The lowest BCUT2D eigenvalue weighted by molar-refractivity contribution is -0.358. The van der Waals surface area contributed by atoms with Crippen LogP contribution in [0.5, 0.6) is 0 Å². The fraction of sp³-hybridized carbons (Fsp3) is 0.930. The van der Waals surface area contributed by atoms with Gasteiger partial charge in [0.2, 0.25) is 0 Å². The zero-order valence-electron chi connectivity index (χ0n) is 30.0. The third kappa shape index (κ3) is 3.68. The molecule has 3 heteroatoms. The van der Waals surface area contributed by atoms with Crippen LogP contribution in [-0.2, 0) is 14.3 Å². The van der Waals surface area contributed by atoms with E-state index in [4.69, 9.17) is 9.47 Å². The van der Waals surface area contributed by atoms with Gasteiger partial charge in [-0.2, -0.15) is 0 Å². The maximum absolute atomic E-state index is 12.5. The van der Waals surface area contributed by atoms with Crippen molar-refractivity contribution in [1.29, 1.82) is 0 Å². The van der Waals surface area contributed by atoms with Gasteiger partial charge in [-0.15, -0.1) is 0 Å². The molecule has 4 unspecified atom stereocenters. The van der Waals surface area contributed by atoms with E-state index in [2.05, 4.69) is 54.5 Å². The largest absolute Gasteiger partial charge is 0.368 e. The molecule has 2 spiro atoms. The number of carbonyl (C=O) groups excluding carboxylic acids is 1. The van der Waals surface area contributed by atoms with Crippen LogP contribution < -0.4 is 0 Å². The maximum atomic E-state index is 12.5. The molecule has 0 aromatic carbocycles. The Morgan fingerprint density at radius 2 is 1.04 bits per heavy atom. The van der Waals surface area contributed by atoms with Crippen LogP contribution >= 0.6 is 0 Å². The molecule has 0 N–H and O–H groups in total. The minimum Gasteiger partial charge on any atom is -0.368 e. The first-order chi connectivity index (χ1) is 21.2. The molecule has 0 radical (unpaired) electrons. The summed E-state index contributed by atoms with van der Waals surface area (Å²) in [7, 11) is 0. The molecule has 12 aliphatic rings. The fourth-order valence-corrected chi connectivity index (χ4v) is 16.3. The van der Waals surface area contributed by atoms with Crippen molar-refractivity contribution in [1.82, 2.24) is 0 Å². The molecular formula is C43H68O3. The number of carbonyl (C=O) groups is 1. The van der Waals surface area contributed by atoms with E-state index in [1.54, 1.807) is 5.57 Å². The summed E-state index contributed by atoms with van der Waals surface area (Å²) in [5.74, 6) is 5.26. The van der Waals surface area contributed by atoms with Gasteiger partial charge in [0.05, 0.1) is 22.4 Å². The lowest BCUT2D eigenvalue weighted by Crippen LogP contribution is -2.73. The van der Waals surface area contributed by atoms with Gasteiger partial charge in [-0.1, -0.05) is 46.8 Å². The Hall–Kier alpha value is -0.670. The molecule has 4 aliphatic heterocycles. The van der Waals surface area contributed by atoms with Gasteiger partial charge >= 0.3 is 0 Å². The summed E-state index contributed by atoms with van der Waals surface area (Å²) < 4.78 is 14.2. The number of hydrogen-bond acceptors (Lipinski definition) is 3. The van der Waals surface area contributed by atoms with E-state index < -0.39 is 0 Å². The van der Waals surface area contributed by atoms with Crippen molar-refractivity contribution in [2.24, 2.45) is 57.2 Å². The first-order valence-electron chi connectivity index (χ1n) is 19.8. The van der Waals surface area contributed by atoms with E-state index in [0.29, 0.717) is 33.9 Å². The third-order valence-corrected chi connectivity index (χ3v) is 18.9. The Morgan fingerprint density at radius 1 is 0.565 bits per heavy atom. The van der Waals surface area contributed by atoms with Crippen LogP contribution in [0.1, 0.15) is 171 Å². The van der Waals surface area contributed by atoms with Gasteiger partial charge in [0.25, 0.3) is 0 Å². The first kappa shape index (κ1) is 32.5. The highest BCUT2D eigenvalue weighted by atomic mass is 16.5. The van der Waals surface area contributed by atoms with Gasteiger partial charge in [-0.25, -0.2) is 0 Å². The number of ketones is 1. The van der Waals surface area contributed by atoms with E-state index >= 15 is 0 Å². The zero-order chi connectivity index (χ0) is 31.5. The molecule has 0 amide bonds. The highest BCUT2D eigenvalue weighted by Gasteiger charge is 2.74. The van der Waals surface area contributed by atoms with Crippen LogP contribution in [-0.4, -0.2) is 28.2 Å². The molecule has 4 heterocycles. The Balaban J connectivity index is 0.000000133. The van der Waals surface area contributed by atoms with Crippen LogP contribution in [0.2, 0.25) is 0 Å². The lowest BCUT2D eigenvalue weighted by atomic mass is 9.40. The Labute approximate surface area is 282 Å². The van der Waals surface area contributed by atoms with Gasteiger partial charge in [0.1, 0.15) is 5.78 Å². The smallest absolute Gasteiger partial charge is 0.139 e. The summed E-state index contributed by atoms with van der Waals surface area (Å²) in [6.45, 7) is 17.1. The van der Waals surface area contributed by atoms with E-state index in [0.717, 1.165) is 49.4 Å². The molecule has 0 aromatic rings. The van der Waals surface area contributed by atoms with Crippen LogP contribution in [0, 0.1) is 57.2 Å². The van der Waals surface area contributed by atoms with Gasteiger partial charge in [-0.05, 0) is 182 Å². The normalized spacial score (nSPS) is 61.1. The summed E-state index contributed by atoms with van der Waals surface area (Å²) >= 11 is 0. The first-order valence-corrected chi connectivity index (χ1v) is 19.8. The topological polar surface area (TPSA) is 35.5 Å². The van der Waals surface area contributed by atoms with E-state index in [1.165, 1.54) is 89.9 Å². The van der Waals surface area contributed by atoms with Gasteiger partial charge < -0.3 is 9.47 Å². The SMILES string of the molecule is C.C/C=C1/CCC2C3CC[C@@H]4C[C@]5(C)CC[C@]4(C)[C@]3(CC[C@]12C)O5.C[C@@]12CC[C@@]3(C)[C@H](CCC4C5CCC(=O)[C@@]5(C)CC[C@@]43O1)C2. The highest BCUT2D eigenvalue weighted by molar-refractivity contribution is 5.87. The zero-order valence-corrected chi connectivity index (χ0v) is 30.0. The Kier molecular flexibility index (Phi) is 6.90. The number of allylic oxidation sites excluding steroid dienone is 2. The van der Waals surface area contributed by atoms with Crippen LogP contribution in [0.25, 0.3) is 0 Å². The van der Waals surface area contributed by atoms with Crippen molar-refractivity contribution < 1.29 is 14.3 Å². The average molecular weight is 633 g/mol. The third-order valence-electron chi connectivity index (χ3n) is 18.9. The van der Waals surface area contributed by atoms with Crippen LogP contribution in [0.3, 0.4) is 0 Å². The second-order valence-electron chi connectivity index (χ2n) is 20.2. The molecule has 4 saturated heterocycles. The average Bonchev–Trinajstić information content (AvgIpc) is 3.49. The standard InChI is InChI=1S/C22H34O.C20H30O2.CH4/c1-5-15-6-8-17-18-9-7-16-14-19(2)10-12-21(16,4)22(18,23-19)13-11-20(15,17)3;1-17-8-10-19(3)13(12-17)4-5-15-14-6-7-16(21)18(14,2)9-11-20(15,19)22-17;/h5,16-18H,6-14H2,1-4H3;13-15H,4-12H2,1-3H3;1H4/b15-5-;;/t16-,17?,18?,19+,20-,21+,22-;13-,14?,15?,17+,18+,19+,20-;/m11./s1. The molecule has 0 aromatic heterocycles. The van der Waals surface area contributed by atoms with Gasteiger partial charge in [-0.3, -0.25) is 4.79 Å². The van der Waals surface area contributed by atoms with E-state index in [-0.39, 0.29) is 35.2 Å². The van der Waals surface area contributed by atoms with Crippen molar-refractivity contribution in [3.63, 3.8) is 0 Å². The lowest BCUT2D eigenvalue weighted by Gasteiger charge is -2.73. The van der Waals surface area contributed by atoms with Gasteiger partial charge in [0.15, 0.2) is 0 Å². The summed E-state index contributed by atoms with van der Waals surface area (Å²) in [6, 6.07) is 0. The Bertz CT molecular complexity index is 1330. The predicted octanol–water partition coefficient (Wildman–Crippen LogP) is 11.0. The minimum absolute atomic E-state index is 0. The van der Waals surface area contributed by atoms with Crippen LogP contribution in [0.4, 0.5) is 0 Å². The molecule has 14 atom stereocenters. The molecule has 258 valence electrons. The molecule has 12 rings (SSSR count). The number of hydrogen-bond donors (Lipinski definition) is 0. The van der Waals surface area contributed by atoms with Crippen LogP contribution in [0.15, 0.2) is 11.6 Å². The van der Waals surface area contributed by atoms with Crippen molar-refractivity contribution >= 4 is 5.78 Å². The minimum atomic E-state index is -0.0277. The van der Waals surface area contributed by atoms with Crippen molar-refractivity contribution in [2.75, 3.05) is 0 Å². The molecule has 12 fully saturated rings. The van der Waals surface area contributed by atoms with Gasteiger partial charge in [0, 0.05) is 11.8 Å². The maximum Gasteiger partial charge on any atom is 0.139 e.